The van der Waals surface area contributed by atoms with E-state index in [0.717, 1.165) is 32.9 Å². The van der Waals surface area contributed by atoms with Crippen LogP contribution in [0.15, 0.2) is 429 Å². The molecule has 0 radical (unpaired) electrons. The molecule has 0 atom stereocenters. The Morgan fingerprint density at radius 3 is 0.894 bits per heavy atom. The van der Waals surface area contributed by atoms with Crippen molar-refractivity contribution < 1.29 is 0 Å². The molecule has 528 valence electrons. The van der Waals surface area contributed by atoms with Crippen LogP contribution >= 0.6 is 15.9 Å². The van der Waals surface area contributed by atoms with Gasteiger partial charge in [0, 0.05) is 38.3 Å². The first-order valence-corrected chi connectivity index (χ1v) is 39.9. The Morgan fingerprint density at radius 1 is 0.195 bits per heavy atom. The number of para-hydroxylation sites is 1. The Kier molecular flexibility index (Phi) is 15.6. The molecule has 0 heterocycles. The van der Waals surface area contributed by atoms with Crippen LogP contribution in [0.3, 0.4) is 0 Å². The first-order chi connectivity index (χ1) is 56.0. The second kappa shape index (κ2) is 26.7. The summed E-state index contributed by atoms with van der Waals surface area (Å²) in [6.07, 6.45) is 0. The zero-order chi connectivity index (χ0) is 74.7. The summed E-state index contributed by atoms with van der Waals surface area (Å²) in [5, 5.41) is 19.3. The fraction of sp³-hybridized carbons (Fsp3) is 0.0182. The van der Waals surface area contributed by atoms with Crippen molar-refractivity contribution in [1.82, 2.24) is 0 Å². The average Bonchev–Trinajstić information content (AvgIpc) is 1.51. The Bertz CT molecular complexity index is 7070. The van der Waals surface area contributed by atoms with Gasteiger partial charge in [0.25, 0.3) is 0 Å². The SMILES string of the molecule is Brc1ccccc1.c1ccc(-c2cc3c(cc2N(c2ccccc2)c2ccc4c5ccccc5c5ccccc5c4c2)C2(c4ccccc4-c4ccccc42)c2ccccc2-3)cc1.c1ccc(-c2cc3c(cc2Nc2ccc4c5ccccc5c5ccccc5c4c2)C2(c4ccccc4-c4ccccc42)c2ccccc2-3)cc1. The predicted molar refractivity (Wildman–Crippen MR) is 480 cm³/mol. The van der Waals surface area contributed by atoms with Gasteiger partial charge in [-0.05, 0) is 238 Å². The third-order valence-corrected chi connectivity index (χ3v) is 24.9. The fourth-order valence-electron chi connectivity index (χ4n) is 19.9. The number of nitrogens with zero attached hydrogens (tertiary/aromatic N) is 1. The van der Waals surface area contributed by atoms with Gasteiger partial charge >= 0.3 is 0 Å². The fourth-order valence-corrected chi connectivity index (χ4v) is 20.2. The summed E-state index contributed by atoms with van der Waals surface area (Å²) < 4.78 is 1.13. The molecule has 4 aliphatic rings. The molecule has 0 amide bonds. The Balaban J connectivity index is 0.000000128. The number of benzene rings is 20. The highest BCUT2D eigenvalue weighted by atomic mass is 79.9. The van der Waals surface area contributed by atoms with E-state index in [1.165, 1.54) is 176 Å². The van der Waals surface area contributed by atoms with Crippen LogP contribution < -0.4 is 10.2 Å². The van der Waals surface area contributed by atoms with Crippen LogP contribution in [-0.4, -0.2) is 0 Å². The largest absolute Gasteiger partial charge is 0.355 e. The molecule has 24 rings (SSSR count). The van der Waals surface area contributed by atoms with E-state index in [1.54, 1.807) is 0 Å². The molecule has 0 aliphatic heterocycles. The zero-order valence-electron chi connectivity index (χ0n) is 61.7. The zero-order valence-corrected chi connectivity index (χ0v) is 63.3. The molecular weight excluding hydrogens is 1430 g/mol. The number of hydrogen-bond donors (Lipinski definition) is 1. The molecule has 2 nitrogen and oxygen atoms in total. The van der Waals surface area contributed by atoms with E-state index in [4.69, 9.17) is 0 Å². The standard InChI is InChI=1S/C55H35N.C49H31N.C6H5Br/c1-3-17-36(18-4-1)47-34-49-46-27-13-16-30-52(46)55(50-28-14-11-25-44(50)45-26-12-15-29-51(45)55)53(49)35-54(47)56(37-19-5-2-6-20-37)38-31-32-43-41-23-8-7-21-39(41)40-22-9-10-24-42(40)48(43)33-38;1-2-14-31(15-3-1)41-29-43-40-22-10-13-25-46(40)49(44-23-11-8-20-38(44)39-21-9-12-24-45(39)49)47(43)30-48(41)50-32-26-27-37-35-18-5-4-16-33(35)34-17-6-7-19-36(34)42(37)28-32;7-6-4-2-1-3-5-6/h1-35H;1-30,50H;1-5H. The minimum atomic E-state index is -0.454. The van der Waals surface area contributed by atoms with Crippen molar-refractivity contribution in [3.63, 3.8) is 0 Å². The maximum Gasteiger partial charge on any atom is 0.0726 e. The molecule has 0 fully saturated rings. The minimum absolute atomic E-state index is 0.400. The van der Waals surface area contributed by atoms with Gasteiger partial charge < -0.3 is 10.2 Å². The number of hydrogen-bond acceptors (Lipinski definition) is 2. The summed E-state index contributed by atoms with van der Waals surface area (Å²) in [6, 6.07) is 156. The molecule has 0 aromatic heterocycles. The lowest BCUT2D eigenvalue weighted by Crippen LogP contribution is -2.26. The summed E-state index contributed by atoms with van der Waals surface area (Å²) in [6.45, 7) is 0. The van der Waals surface area contributed by atoms with Gasteiger partial charge in [-0.2, -0.15) is 0 Å². The molecule has 113 heavy (non-hydrogen) atoms. The molecule has 3 heteroatoms. The molecule has 4 aliphatic carbocycles. The van der Waals surface area contributed by atoms with Crippen molar-refractivity contribution >= 4 is 109 Å². The van der Waals surface area contributed by atoms with E-state index < -0.39 is 10.8 Å². The number of anilines is 5. The number of fused-ring (bicyclic) bond motifs is 32. The summed E-state index contributed by atoms with van der Waals surface area (Å²) >= 11 is 3.31. The molecule has 0 saturated carbocycles. The summed E-state index contributed by atoms with van der Waals surface area (Å²) in [4.78, 5) is 2.50. The van der Waals surface area contributed by atoms with E-state index >= 15 is 0 Å². The van der Waals surface area contributed by atoms with Crippen LogP contribution in [0.4, 0.5) is 28.4 Å². The molecule has 0 unspecified atom stereocenters. The monoisotopic (exact) mass is 1500 g/mol. The van der Waals surface area contributed by atoms with Crippen LogP contribution in [0.2, 0.25) is 0 Å². The molecule has 0 bridgehead atoms. The smallest absolute Gasteiger partial charge is 0.0726 e. The van der Waals surface area contributed by atoms with Crippen LogP contribution in [0.1, 0.15) is 44.5 Å². The van der Waals surface area contributed by atoms with Gasteiger partial charge in [0.15, 0.2) is 0 Å². The quantitative estimate of drug-likeness (QED) is 0.160. The summed E-state index contributed by atoms with van der Waals surface area (Å²) in [7, 11) is 0. The number of nitrogens with one attached hydrogen (secondary N) is 1. The maximum absolute atomic E-state index is 3.99. The number of rotatable bonds is 7. The topological polar surface area (TPSA) is 15.3 Å². The third kappa shape index (κ3) is 10.2. The van der Waals surface area contributed by atoms with Crippen LogP contribution in [0.25, 0.3) is 131 Å². The van der Waals surface area contributed by atoms with Crippen LogP contribution in [0, 0.1) is 0 Å². The first-order valence-electron chi connectivity index (χ1n) is 39.1. The normalized spacial score (nSPS) is 13.0. The third-order valence-electron chi connectivity index (χ3n) is 24.4. The van der Waals surface area contributed by atoms with Crippen LogP contribution in [-0.2, 0) is 10.8 Å². The van der Waals surface area contributed by atoms with Crippen molar-refractivity contribution in [2.45, 2.75) is 10.8 Å². The van der Waals surface area contributed by atoms with Crippen molar-refractivity contribution in [3.05, 3.63) is 474 Å². The lowest BCUT2D eigenvalue weighted by Gasteiger charge is -2.33. The van der Waals surface area contributed by atoms with Crippen molar-refractivity contribution in [2.75, 3.05) is 10.2 Å². The Morgan fingerprint density at radius 2 is 0.496 bits per heavy atom. The Hall–Kier alpha value is -14.0. The highest BCUT2D eigenvalue weighted by molar-refractivity contribution is 9.10. The van der Waals surface area contributed by atoms with E-state index in [9.17, 15) is 0 Å². The van der Waals surface area contributed by atoms with Gasteiger partial charge in [-0.3, -0.25) is 0 Å². The van der Waals surface area contributed by atoms with Gasteiger partial charge in [0.1, 0.15) is 0 Å². The van der Waals surface area contributed by atoms with Crippen molar-refractivity contribution in [1.29, 1.82) is 0 Å². The maximum atomic E-state index is 3.99. The van der Waals surface area contributed by atoms with Gasteiger partial charge in [-0.25, -0.2) is 0 Å². The molecule has 20 aromatic rings. The lowest BCUT2D eigenvalue weighted by atomic mass is 9.70. The minimum Gasteiger partial charge on any atom is -0.355 e. The van der Waals surface area contributed by atoms with E-state index in [0.29, 0.717) is 0 Å². The molecule has 0 saturated heterocycles. The highest BCUT2D eigenvalue weighted by Gasteiger charge is 2.54. The van der Waals surface area contributed by atoms with Crippen molar-refractivity contribution in [3.8, 4) is 66.8 Å². The van der Waals surface area contributed by atoms with Gasteiger partial charge in [0.05, 0.1) is 16.5 Å². The average molecular weight is 1500 g/mol. The first kappa shape index (κ1) is 66.1. The van der Waals surface area contributed by atoms with E-state index in [1.807, 2.05) is 30.3 Å². The molecule has 1 N–H and O–H groups in total. The number of halogens is 1. The molecular formula is C110H71BrN2. The molecule has 2 spiro atoms. The van der Waals surface area contributed by atoms with Crippen LogP contribution in [0.5, 0.6) is 0 Å². The highest BCUT2D eigenvalue weighted by Crippen LogP contribution is 2.66. The second-order valence-corrected chi connectivity index (χ2v) is 31.0. The van der Waals surface area contributed by atoms with E-state index in [2.05, 4.69) is 420 Å². The van der Waals surface area contributed by atoms with E-state index in [-0.39, 0.29) is 0 Å². The Labute approximate surface area is 665 Å². The predicted octanol–water partition coefficient (Wildman–Crippen LogP) is 30.0. The lowest BCUT2D eigenvalue weighted by molar-refractivity contribution is 0.794. The second-order valence-electron chi connectivity index (χ2n) is 30.1. The van der Waals surface area contributed by atoms with Gasteiger partial charge in [0.2, 0.25) is 0 Å². The summed E-state index contributed by atoms with van der Waals surface area (Å²) in [5.41, 5.74) is 30.7. The summed E-state index contributed by atoms with van der Waals surface area (Å²) in [5.74, 6) is 0. The van der Waals surface area contributed by atoms with Gasteiger partial charge in [-0.15, -0.1) is 0 Å². The van der Waals surface area contributed by atoms with Crippen molar-refractivity contribution in [2.24, 2.45) is 0 Å². The molecule has 20 aromatic carbocycles. The van der Waals surface area contributed by atoms with Gasteiger partial charge in [-0.1, -0.05) is 368 Å².